The SMILES string of the molecule is O=C(NCc1ccnc(OCc2ccccc2)c1)C1CCN(S(=O)(=O)c2cccs2)CC1. The third-order valence-corrected chi connectivity index (χ3v) is 8.68. The highest BCUT2D eigenvalue weighted by Gasteiger charge is 2.32. The van der Waals surface area contributed by atoms with Crippen molar-refractivity contribution in [3.05, 3.63) is 77.3 Å². The van der Waals surface area contributed by atoms with Gasteiger partial charge in [-0.05, 0) is 41.5 Å². The van der Waals surface area contributed by atoms with Crippen LogP contribution in [0.25, 0.3) is 0 Å². The van der Waals surface area contributed by atoms with Gasteiger partial charge in [0.05, 0.1) is 0 Å². The predicted octanol–water partition coefficient (Wildman–Crippen LogP) is 3.44. The van der Waals surface area contributed by atoms with Crippen LogP contribution in [-0.4, -0.2) is 36.7 Å². The lowest BCUT2D eigenvalue weighted by Crippen LogP contribution is -2.42. The van der Waals surface area contributed by atoms with Crippen molar-refractivity contribution >= 4 is 27.3 Å². The molecule has 4 rings (SSSR count). The second-order valence-electron chi connectivity index (χ2n) is 7.60. The van der Waals surface area contributed by atoms with Crippen LogP contribution in [0.15, 0.2) is 70.4 Å². The molecule has 0 saturated carbocycles. The van der Waals surface area contributed by atoms with Gasteiger partial charge >= 0.3 is 0 Å². The summed E-state index contributed by atoms with van der Waals surface area (Å²) < 4.78 is 32.8. The average Bonchev–Trinajstić information content (AvgIpc) is 3.38. The van der Waals surface area contributed by atoms with Crippen LogP contribution in [0.4, 0.5) is 0 Å². The summed E-state index contributed by atoms with van der Waals surface area (Å²) in [6.07, 6.45) is 2.69. The molecule has 0 bridgehead atoms. The predicted molar refractivity (Wildman–Crippen MR) is 123 cm³/mol. The number of rotatable bonds is 8. The summed E-state index contributed by atoms with van der Waals surface area (Å²) in [5.74, 6) is 0.259. The minimum Gasteiger partial charge on any atom is -0.473 e. The van der Waals surface area contributed by atoms with Gasteiger partial charge in [-0.1, -0.05) is 36.4 Å². The van der Waals surface area contributed by atoms with Crippen LogP contribution in [0.5, 0.6) is 5.88 Å². The van der Waals surface area contributed by atoms with E-state index < -0.39 is 10.0 Å². The molecule has 1 aromatic carbocycles. The zero-order chi connectivity index (χ0) is 22.4. The van der Waals surface area contributed by atoms with Gasteiger partial charge in [0.25, 0.3) is 10.0 Å². The van der Waals surface area contributed by atoms with Crippen molar-refractivity contribution in [3.8, 4) is 5.88 Å². The number of thiophene rings is 1. The molecule has 0 spiro atoms. The van der Waals surface area contributed by atoms with E-state index in [0.717, 1.165) is 11.1 Å². The number of carbonyl (C=O) groups is 1. The first-order valence-electron chi connectivity index (χ1n) is 10.5. The third-order valence-electron chi connectivity index (χ3n) is 5.41. The van der Waals surface area contributed by atoms with E-state index in [1.165, 1.54) is 15.6 Å². The van der Waals surface area contributed by atoms with Gasteiger partial charge in [-0.15, -0.1) is 11.3 Å². The fourth-order valence-corrected chi connectivity index (χ4v) is 6.21. The minimum atomic E-state index is -3.45. The summed E-state index contributed by atoms with van der Waals surface area (Å²) >= 11 is 1.22. The molecule has 3 aromatic rings. The van der Waals surface area contributed by atoms with Gasteiger partial charge in [0.1, 0.15) is 10.8 Å². The Hall–Kier alpha value is -2.75. The molecule has 2 aromatic heterocycles. The zero-order valence-electron chi connectivity index (χ0n) is 17.5. The van der Waals surface area contributed by atoms with Crippen molar-refractivity contribution < 1.29 is 17.9 Å². The molecule has 1 aliphatic heterocycles. The smallest absolute Gasteiger partial charge is 0.252 e. The molecule has 7 nitrogen and oxygen atoms in total. The number of aromatic nitrogens is 1. The molecule has 0 radical (unpaired) electrons. The highest BCUT2D eigenvalue weighted by molar-refractivity contribution is 7.91. The fourth-order valence-electron chi connectivity index (χ4n) is 3.60. The zero-order valence-corrected chi connectivity index (χ0v) is 19.1. The Bertz CT molecular complexity index is 1130. The van der Waals surface area contributed by atoms with Crippen molar-refractivity contribution in [3.63, 3.8) is 0 Å². The summed E-state index contributed by atoms with van der Waals surface area (Å²) in [4.78, 5) is 16.9. The lowest BCUT2D eigenvalue weighted by Gasteiger charge is -2.30. The number of sulfonamides is 1. The number of hydrogen-bond acceptors (Lipinski definition) is 6. The van der Waals surface area contributed by atoms with E-state index in [9.17, 15) is 13.2 Å². The first-order chi connectivity index (χ1) is 15.5. The van der Waals surface area contributed by atoms with Crippen LogP contribution in [0.1, 0.15) is 24.0 Å². The maximum absolute atomic E-state index is 12.6. The largest absolute Gasteiger partial charge is 0.473 e. The van der Waals surface area contributed by atoms with Crippen LogP contribution >= 0.6 is 11.3 Å². The Balaban J connectivity index is 1.25. The molecule has 0 unspecified atom stereocenters. The van der Waals surface area contributed by atoms with Crippen LogP contribution in [0, 0.1) is 5.92 Å². The van der Waals surface area contributed by atoms with E-state index in [2.05, 4.69) is 10.3 Å². The lowest BCUT2D eigenvalue weighted by atomic mass is 9.97. The number of carbonyl (C=O) groups excluding carboxylic acids is 1. The molecule has 1 amide bonds. The van der Waals surface area contributed by atoms with E-state index >= 15 is 0 Å². The maximum Gasteiger partial charge on any atom is 0.252 e. The fraction of sp³-hybridized carbons (Fsp3) is 0.304. The van der Waals surface area contributed by atoms with E-state index in [1.54, 1.807) is 23.7 Å². The first-order valence-corrected chi connectivity index (χ1v) is 12.8. The number of amides is 1. The second-order valence-corrected chi connectivity index (χ2v) is 10.7. The summed E-state index contributed by atoms with van der Waals surface area (Å²) in [5.41, 5.74) is 1.95. The Kier molecular flexibility index (Phi) is 7.19. The normalized spacial score (nSPS) is 15.4. The van der Waals surface area contributed by atoms with Gasteiger partial charge in [0.15, 0.2) is 0 Å². The van der Waals surface area contributed by atoms with E-state index in [1.807, 2.05) is 42.5 Å². The Morgan fingerprint density at radius 3 is 2.59 bits per heavy atom. The number of benzene rings is 1. The average molecular weight is 472 g/mol. The van der Waals surface area contributed by atoms with E-state index in [0.29, 0.717) is 49.2 Å². The molecule has 32 heavy (non-hydrogen) atoms. The van der Waals surface area contributed by atoms with Crippen molar-refractivity contribution in [1.82, 2.24) is 14.6 Å². The summed E-state index contributed by atoms with van der Waals surface area (Å²) in [5, 5.41) is 4.72. The number of nitrogens with one attached hydrogen (secondary N) is 1. The maximum atomic E-state index is 12.6. The van der Waals surface area contributed by atoms with Crippen LogP contribution in [0.2, 0.25) is 0 Å². The van der Waals surface area contributed by atoms with Crippen LogP contribution in [-0.2, 0) is 28.0 Å². The molecular weight excluding hydrogens is 446 g/mol. The number of nitrogens with zero attached hydrogens (tertiary/aromatic N) is 2. The molecular formula is C23H25N3O4S2. The van der Waals surface area contributed by atoms with Crippen molar-refractivity contribution in [2.75, 3.05) is 13.1 Å². The standard InChI is InChI=1S/C23H25N3O4S2/c27-23(20-9-12-26(13-10-20)32(28,29)22-7-4-14-31-22)25-16-19-8-11-24-21(15-19)30-17-18-5-2-1-3-6-18/h1-8,11,14-15,20H,9-10,12-13,16-17H2,(H,25,27). The van der Waals surface area contributed by atoms with E-state index in [4.69, 9.17) is 4.74 Å². The van der Waals surface area contributed by atoms with Gasteiger partial charge in [0, 0.05) is 37.8 Å². The molecule has 9 heteroatoms. The van der Waals surface area contributed by atoms with E-state index in [-0.39, 0.29) is 11.8 Å². The summed E-state index contributed by atoms with van der Waals surface area (Å²) in [6.45, 7) is 1.50. The number of piperidine rings is 1. The highest BCUT2D eigenvalue weighted by atomic mass is 32.2. The molecule has 1 saturated heterocycles. The summed E-state index contributed by atoms with van der Waals surface area (Å²) in [6, 6.07) is 16.9. The molecule has 168 valence electrons. The number of hydrogen-bond donors (Lipinski definition) is 1. The molecule has 1 fully saturated rings. The van der Waals surface area contributed by atoms with Gasteiger partial charge in [-0.2, -0.15) is 4.31 Å². The Morgan fingerprint density at radius 2 is 1.88 bits per heavy atom. The second kappa shape index (κ2) is 10.2. The quantitative estimate of drug-likeness (QED) is 0.544. The number of ether oxygens (including phenoxy) is 1. The lowest BCUT2D eigenvalue weighted by molar-refractivity contribution is -0.126. The molecule has 0 atom stereocenters. The topological polar surface area (TPSA) is 88.6 Å². The molecule has 0 aliphatic carbocycles. The molecule has 3 heterocycles. The van der Waals surface area contributed by atoms with Gasteiger partial charge < -0.3 is 10.1 Å². The van der Waals surface area contributed by atoms with Gasteiger partial charge in [-0.3, -0.25) is 4.79 Å². The molecule has 1 aliphatic rings. The van der Waals surface area contributed by atoms with Gasteiger partial charge in [0.2, 0.25) is 11.8 Å². The first kappa shape index (κ1) is 22.4. The third kappa shape index (κ3) is 5.53. The van der Waals surface area contributed by atoms with Crippen LogP contribution in [0.3, 0.4) is 0 Å². The van der Waals surface area contributed by atoms with Crippen molar-refractivity contribution in [2.45, 2.75) is 30.2 Å². The van der Waals surface area contributed by atoms with Crippen LogP contribution < -0.4 is 10.1 Å². The number of pyridine rings is 1. The van der Waals surface area contributed by atoms with Crippen molar-refractivity contribution in [2.24, 2.45) is 5.92 Å². The minimum absolute atomic E-state index is 0.0539. The highest BCUT2D eigenvalue weighted by Crippen LogP contribution is 2.26. The molecule has 1 N–H and O–H groups in total. The Labute approximate surface area is 192 Å². The van der Waals surface area contributed by atoms with Gasteiger partial charge in [-0.25, -0.2) is 13.4 Å². The van der Waals surface area contributed by atoms with Crippen molar-refractivity contribution in [1.29, 1.82) is 0 Å². The monoisotopic (exact) mass is 471 g/mol. The summed E-state index contributed by atoms with van der Waals surface area (Å²) in [7, 11) is -3.45. The Morgan fingerprint density at radius 1 is 1.09 bits per heavy atom.